The minimum Gasteiger partial charge on any atom is -0.351 e. The van der Waals surface area contributed by atoms with Crippen molar-refractivity contribution in [1.29, 1.82) is 0 Å². The molecular weight excluding hydrogens is 450 g/mol. The summed E-state index contributed by atoms with van der Waals surface area (Å²) >= 11 is 0. The Morgan fingerprint density at radius 2 is 1.75 bits per heavy atom. The lowest BCUT2D eigenvalue weighted by atomic mass is 9.89. The number of fused-ring (bicyclic) bond motifs is 2. The molecule has 0 radical (unpaired) electrons. The third-order valence-corrected chi connectivity index (χ3v) is 7.08. The number of aryl methyl sites for hydroxylation is 1. The minimum atomic E-state index is -0.126. The summed E-state index contributed by atoms with van der Waals surface area (Å²) < 4.78 is 1.85. The van der Waals surface area contributed by atoms with Crippen molar-refractivity contribution in [2.24, 2.45) is 13.0 Å². The van der Waals surface area contributed by atoms with Crippen LogP contribution in [0.25, 0.3) is 21.8 Å². The Bertz CT molecular complexity index is 1390. The summed E-state index contributed by atoms with van der Waals surface area (Å²) in [6, 6.07) is 20.2. The highest BCUT2D eigenvalue weighted by molar-refractivity contribution is 5.98. The molecule has 1 fully saturated rings. The number of carbonyl (C=O) groups is 2. The van der Waals surface area contributed by atoms with E-state index in [0.717, 1.165) is 43.3 Å². The molecule has 0 saturated heterocycles. The van der Waals surface area contributed by atoms with Crippen LogP contribution in [-0.4, -0.2) is 34.5 Å². The van der Waals surface area contributed by atoms with Crippen LogP contribution in [0.2, 0.25) is 0 Å². The smallest absolute Gasteiger partial charge is 0.251 e. The van der Waals surface area contributed by atoms with Crippen LogP contribution in [0.3, 0.4) is 0 Å². The first-order chi connectivity index (χ1) is 17.6. The molecule has 0 unspecified atom stereocenters. The maximum atomic E-state index is 12.7. The maximum Gasteiger partial charge on any atom is 0.251 e. The summed E-state index contributed by atoms with van der Waals surface area (Å²) in [5, 5.41) is 11.8. The molecule has 186 valence electrons. The van der Waals surface area contributed by atoms with Gasteiger partial charge in [-0.15, -0.1) is 0 Å². The largest absolute Gasteiger partial charge is 0.351 e. The van der Waals surface area contributed by atoms with Crippen LogP contribution in [0.15, 0.2) is 60.7 Å². The van der Waals surface area contributed by atoms with Gasteiger partial charge in [0.15, 0.2) is 0 Å². The first kappa shape index (κ1) is 24.0. The molecule has 36 heavy (non-hydrogen) atoms. The second-order valence-corrected chi connectivity index (χ2v) is 9.64. The van der Waals surface area contributed by atoms with Gasteiger partial charge >= 0.3 is 0 Å². The number of benzene rings is 3. The van der Waals surface area contributed by atoms with E-state index in [-0.39, 0.29) is 17.7 Å². The standard InChI is InChI=1S/C29H33N5O2/c1-34-26-18-24(13-14-25(26)32-29(34)33-28(36)22-8-3-2-4-9-22)27(35)31-16-15-30-19-20-11-12-21-7-5-6-10-23(21)17-20/h5-7,10-14,17-18,22,30H,2-4,8-9,15-16,19H2,1H3,(H,31,35)(H,32,33,36). The quantitative estimate of drug-likeness (QED) is 0.315. The summed E-state index contributed by atoms with van der Waals surface area (Å²) in [6.07, 6.45) is 5.31. The molecule has 0 aliphatic heterocycles. The van der Waals surface area contributed by atoms with Gasteiger partial charge < -0.3 is 15.2 Å². The van der Waals surface area contributed by atoms with Gasteiger partial charge in [0, 0.05) is 38.2 Å². The number of carbonyl (C=O) groups excluding carboxylic acids is 2. The van der Waals surface area contributed by atoms with E-state index in [1.807, 2.05) is 35.9 Å². The van der Waals surface area contributed by atoms with E-state index in [1.54, 1.807) is 6.07 Å². The molecule has 1 heterocycles. The van der Waals surface area contributed by atoms with Crippen molar-refractivity contribution < 1.29 is 9.59 Å². The Morgan fingerprint density at radius 3 is 2.58 bits per heavy atom. The molecule has 1 saturated carbocycles. The molecule has 0 bridgehead atoms. The van der Waals surface area contributed by atoms with Crippen molar-refractivity contribution in [3.8, 4) is 0 Å². The number of anilines is 1. The van der Waals surface area contributed by atoms with E-state index in [2.05, 4.69) is 51.3 Å². The second kappa shape index (κ2) is 10.9. The van der Waals surface area contributed by atoms with Crippen molar-refractivity contribution in [2.45, 2.75) is 38.6 Å². The first-order valence-electron chi connectivity index (χ1n) is 12.8. The van der Waals surface area contributed by atoms with E-state index in [0.29, 0.717) is 24.6 Å². The predicted octanol–water partition coefficient (Wildman–Crippen LogP) is 4.76. The van der Waals surface area contributed by atoms with Crippen LogP contribution in [0.4, 0.5) is 5.95 Å². The highest BCUT2D eigenvalue weighted by Gasteiger charge is 2.22. The SMILES string of the molecule is Cn1c(NC(=O)C2CCCCC2)nc2ccc(C(=O)NCCNCc3ccc4ccccc4c3)cc21. The number of nitrogens with zero attached hydrogens (tertiary/aromatic N) is 2. The summed E-state index contributed by atoms with van der Waals surface area (Å²) in [7, 11) is 1.87. The fraction of sp³-hybridized carbons (Fsp3) is 0.345. The molecule has 7 nitrogen and oxygen atoms in total. The van der Waals surface area contributed by atoms with Gasteiger partial charge in [0.1, 0.15) is 0 Å². The molecule has 0 spiro atoms. The van der Waals surface area contributed by atoms with Crippen LogP contribution >= 0.6 is 0 Å². The molecule has 5 rings (SSSR count). The predicted molar refractivity (Wildman–Crippen MR) is 144 cm³/mol. The molecule has 1 aliphatic carbocycles. The van der Waals surface area contributed by atoms with Gasteiger partial charge in [-0.25, -0.2) is 4.98 Å². The number of amides is 2. The van der Waals surface area contributed by atoms with Crippen LogP contribution in [0.1, 0.15) is 48.0 Å². The third kappa shape index (κ3) is 5.41. The Kier molecular flexibility index (Phi) is 7.28. The summed E-state index contributed by atoms with van der Waals surface area (Å²) in [5.74, 6) is 0.506. The lowest BCUT2D eigenvalue weighted by Crippen LogP contribution is -2.31. The summed E-state index contributed by atoms with van der Waals surface area (Å²) in [6.45, 7) is 1.94. The van der Waals surface area contributed by atoms with Crippen LogP contribution in [0, 0.1) is 5.92 Å². The van der Waals surface area contributed by atoms with Gasteiger partial charge in [-0.3, -0.25) is 14.9 Å². The van der Waals surface area contributed by atoms with E-state index < -0.39 is 0 Å². The number of aromatic nitrogens is 2. The molecule has 3 aromatic carbocycles. The van der Waals surface area contributed by atoms with Crippen molar-refractivity contribution in [3.05, 3.63) is 71.8 Å². The van der Waals surface area contributed by atoms with Gasteiger partial charge in [-0.2, -0.15) is 0 Å². The lowest BCUT2D eigenvalue weighted by molar-refractivity contribution is -0.120. The molecule has 3 N–H and O–H groups in total. The normalized spacial score (nSPS) is 14.2. The summed E-state index contributed by atoms with van der Waals surface area (Å²) in [4.78, 5) is 30.0. The van der Waals surface area contributed by atoms with Crippen LogP contribution in [-0.2, 0) is 18.4 Å². The van der Waals surface area contributed by atoms with Crippen LogP contribution < -0.4 is 16.0 Å². The Labute approximate surface area is 211 Å². The highest BCUT2D eigenvalue weighted by atomic mass is 16.2. The average Bonchev–Trinajstić information content (AvgIpc) is 3.23. The van der Waals surface area contributed by atoms with Crippen LogP contribution in [0.5, 0.6) is 0 Å². The Hall–Kier alpha value is -3.71. The monoisotopic (exact) mass is 483 g/mol. The van der Waals surface area contributed by atoms with Crippen molar-refractivity contribution in [1.82, 2.24) is 20.2 Å². The summed E-state index contributed by atoms with van der Waals surface area (Å²) in [5.41, 5.74) is 3.36. The second-order valence-electron chi connectivity index (χ2n) is 9.64. The van der Waals surface area contributed by atoms with Gasteiger partial charge in [0.25, 0.3) is 5.91 Å². The number of nitrogens with one attached hydrogen (secondary N) is 3. The molecular formula is C29H33N5O2. The van der Waals surface area contributed by atoms with Crippen molar-refractivity contribution >= 4 is 39.6 Å². The zero-order valence-electron chi connectivity index (χ0n) is 20.7. The molecule has 7 heteroatoms. The Balaban J connectivity index is 1.14. The van der Waals surface area contributed by atoms with E-state index in [1.165, 1.54) is 22.8 Å². The fourth-order valence-corrected chi connectivity index (χ4v) is 4.97. The fourth-order valence-electron chi connectivity index (χ4n) is 4.97. The van der Waals surface area contributed by atoms with Gasteiger partial charge in [-0.05, 0) is 53.4 Å². The molecule has 4 aromatic rings. The molecule has 1 aromatic heterocycles. The van der Waals surface area contributed by atoms with E-state index in [4.69, 9.17) is 0 Å². The van der Waals surface area contributed by atoms with Crippen molar-refractivity contribution in [2.75, 3.05) is 18.4 Å². The zero-order valence-corrected chi connectivity index (χ0v) is 20.7. The lowest BCUT2D eigenvalue weighted by Gasteiger charge is -2.20. The van der Waals surface area contributed by atoms with Gasteiger partial charge in [-0.1, -0.05) is 55.7 Å². The Morgan fingerprint density at radius 1 is 0.944 bits per heavy atom. The molecule has 0 atom stereocenters. The number of rotatable bonds is 8. The zero-order chi connectivity index (χ0) is 24.9. The van der Waals surface area contributed by atoms with Gasteiger partial charge in [0.2, 0.25) is 11.9 Å². The topological polar surface area (TPSA) is 88.0 Å². The molecule has 1 aliphatic rings. The van der Waals surface area contributed by atoms with E-state index >= 15 is 0 Å². The first-order valence-corrected chi connectivity index (χ1v) is 12.8. The number of hydrogen-bond acceptors (Lipinski definition) is 4. The average molecular weight is 484 g/mol. The minimum absolute atomic E-state index is 0.0438. The third-order valence-electron chi connectivity index (χ3n) is 7.08. The van der Waals surface area contributed by atoms with Gasteiger partial charge in [0.05, 0.1) is 11.0 Å². The highest BCUT2D eigenvalue weighted by Crippen LogP contribution is 2.26. The van der Waals surface area contributed by atoms with Crippen molar-refractivity contribution in [3.63, 3.8) is 0 Å². The molecule has 2 amide bonds. The van der Waals surface area contributed by atoms with E-state index in [9.17, 15) is 9.59 Å². The number of hydrogen-bond donors (Lipinski definition) is 3. The number of imidazole rings is 1. The maximum absolute atomic E-state index is 12.7.